The van der Waals surface area contributed by atoms with Gasteiger partial charge in [-0.25, -0.2) is 4.98 Å². The summed E-state index contributed by atoms with van der Waals surface area (Å²) in [7, 11) is 0. The molecule has 0 unspecified atom stereocenters. The van der Waals surface area contributed by atoms with Crippen molar-refractivity contribution >= 4 is 23.3 Å². The van der Waals surface area contributed by atoms with E-state index in [2.05, 4.69) is 15.4 Å². The van der Waals surface area contributed by atoms with Crippen molar-refractivity contribution in [1.29, 1.82) is 0 Å². The number of anilines is 1. The molecule has 3 aromatic heterocycles. The minimum atomic E-state index is -0.346. The first-order chi connectivity index (χ1) is 10.6. The van der Waals surface area contributed by atoms with Crippen molar-refractivity contribution in [1.82, 2.24) is 14.8 Å². The number of aryl methyl sites for hydroxylation is 1. The number of rotatable bonds is 4. The van der Waals surface area contributed by atoms with Crippen LogP contribution in [0.5, 0.6) is 0 Å². The molecule has 0 bridgehead atoms. The molecule has 112 valence electrons. The van der Waals surface area contributed by atoms with Crippen LogP contribution in [-0.4, -0.2) is 20.7 Å². The summed E-state index contributed by atoms with van der Waals surface area (Å²) < 4.78 is 7.14. The van der Waals surface area contributed by atoms with Crippen LogP contribution < -0.4 is 5.32 Å². The van der Waals surface area contributed by atoms with E-state index in [1.165, 1.54) is 0 Å². The van der Waals surface area contributed by atoms with E-state index in [1.54, 1.807) is 41.5 Å². The van der Waals surface area contributed by atoms with Gasteiger partial charge in [-0.05, 0) is 30.7 Å². The summed E-state index contributed by atoms with van der Waals surface area (Å²) in [4.78, 5) is 16.2. The molecule has 0 aromatic carbocycles. The number of furan rings is 1. The van der Waals surface area contributed by atoms with Crippen LogP contribution in [0, 0.1) is 6.92 Å². The zero-order valence-electron chi connectivity index (χ0n) is 11.8. The van der Waals surface area contributed by atoms with E-state index < -0.39 is 0 Å². The van der Waals surface area contributed by atoms with Gasteiger partial charge >= 0.3 is 0 Å². The number of carbonyl (C=O) groups excluding carboxylic acids is 1. The Morgan fingerprint density at radius 3 is 2.86 bits per heavy atom. The van der Waals surface area contributed by atoms with E-state index in [0.29, 0.717) is 23.1 Å². The molecule has 1 N–H and O–H groups in total. The van der Waals surface area contributed by atoms with Crippen molar-refractivity contribution in [2.24, 2.45) is 0 Å². The van der Waals surface area contributed by atoms with Gasteiger partial charge in [0, 0.05) is 12.4 Å². The first-order valence-electron chi connectivity index (χ1n) is 6.61. The zero-order valence-corrected chi connectivity index (χ0v) is 12.5. The van der Waals surface area contributed by atoms with Crippen molar-refractivity contribution in [3.8, 4) is 0 Å². The lowest BCUT2D eigenvalue weighted by Crippen LogP contribution is -2.12. The predicted molar refractivity (Wildman–Crippen MR) is 82.0 cm³/mol. The molecule has 3 aromatic rings. The summed E-state index contributed by atoms with van der Waals surface area (Å²) in [6.07, 6.45) is 4.91. The van der Waals surface area contributed by atoms with E-state index in [9.17, 15) is 4.79 Å². The smallest absolute Gasteiger partial charge is 0.292 e. The number of pyridine rings is 1. The summed E-state index contributed by atoms with van der Waals surface area (Å²) >= 11 is 5.80. The largest absolute Gasteiger partial charge is 0.454 e. The first kappa shape index (κ1) is 14.3. The monoisotopic (exact) mass is 316 g/mol. The van der Waals surface area contributed by atoms with Crippen LogP contribution in [0.25, 0.3) is 0 Å². The average Bonchev–Trinajstić information content (AvgIpc) is 3.11. The van der Waals surface area contributed by atoms with Crippen LogP contribution in [0.4, 0.5) is 5.82 Å². The van der Waals surface area contributed by atoms with Crippen LogP contribution in [0.15, 0.2) is 47.3 Å². The molecule has 1 amide bonds. The van der Waals surface area contributed by atoms with Crippen LogP contribution in [-0.2, 0) is 6.54 Å². The van der Waals surface area contributed by atoms with Crippen molar-refractivity contribution in [3.63, 3.8) is 0 Å². The van der Waals surface area contributed by atoms with Gasteiger partial charge in [-0.3, -0.25) is 9.48 Å². The number of hydrogen-bond donors (Lipinski definition) is 1. The van der Waals surface area contributed by atoms with Crippen molar-refractivity contribution < 1.29 is 9.21 Å². The van der Waals surface area contributed by atoms with Crippen molar-refractivity contribution in [2.75, 3.05) is 5.32 Å². The SMILES string of the molecule is Cc1ccc(NC(=O)c2ccc(Cn3cc(Cl)cn3)o2)nc1. The molecule has 0 aliphatic carbocycles. The van der Waals surface area contributed by atoms with Crippen LogP contribution in [0.3, 0.4) is 0 Å². The maximum atomic E-state index is 12.1. The van der Waals surface area contributed by atoms with Crippen LogP contribution >= 0.6 is 11.6 Å². The summed E-state index contributed by atoms with van der Waals surface area (Å²) in [6.45, 7) is 2.34. The predicted octanol–water partition coefficient (Wildman–Crippen LogP) is 3.13. The van der Waals surface area contributed by atoms with Gasteiger partial charge in [0.15, 0.2) is 5.76 Å². The molecule has 3 heterocycles. The molecule has 0 aliphatic rings. The van der Waals surface area contributed by atoms with E-state index in [1.807, 2.05) is 13.0 Å². The lowest BCUT2D eigenvalue weighted by Gasteiger charge is -2.02. The van der Waals surface area contributed by atoms with Crippen LogP contribution in [0.1, 0.15) is 21.9 Å². The van der Waals surface area contributed by atoms with E-state index in [0.717, 1.165) is 5.56 Å². The molecule has 0 atom stereocenters. The van der Waals surface area contributed by atoms with Gasteiger partial charge < -0.3 is 9.73 Å². The minimum Gasteiger partial charge on any atom is -0.454 e. The second-order valence-electron chi connectivity index (χ2n) is 4.80. The topological polar surface area (TPSA) is 73.0 Å². The van der Waals surface area contributed by atoms with Gasteiger partial charge in [-0.15, -0.1) is 0 Å². The number of aromatic nitrogens is 3. The summed E-state index contributed by atoms with van der Waals surface area (Å²) in [5.41, 5.74) is 1.02. The number of nitrogens with zero attached hydrogens (tertiary/aromatic N) is 3. The number of carbonyl (C=O) groups is 1. The lowest BCUT2D eigenvalue weighted by molar-refractivity contribution is 0.0994. The average molecular weight is 317 g/mol. The molecule has 3 rings (SSSR count). The molecule has 6 nitrogen and oxygen atoms in total. The Morgan fingerprint density at radius 1 is 1.32 bits per heavy atom. The molecule has 0 spiro atoms. The number of amides is 1. The van der Waals surface area contributed by atoms with Crippen molar-refractivity contribution in [2.45, 2.75) is 13.5 Å². The van der Waals surface area contributed by atoms with Gasteiger partial charge in [0.2, 0.25) is 0 Å². The highest BCUT2D eigenvalue weighted by Crippen LogP contribution is 2.13. The minimum absolute atomic E-state index is 0.218. The maximum absolute atomic E-state index is 12.1. The second kappa shape index (κ2) is 6.03. The summed E-state index contributed by atoms with van der Waals surface area (Å²) in [5.74, 6) is 0.964. The highest BCUT2D eigenvalue weighted by Gasteiger charge is 2.12. The Bertz CT molecular complexity index is 792. The van der Waals surface area contributed by atoms with Gasteiger partial charge in [0.05, 0.1) is 17.8 Å². The molecule has 0 saturated heterocycles. The number of hydrogen-bond acceptors (Lipinski definition) is 4. The second-order valence-corrected chi connectivity index (χ2v) is 5.23. The standard InChI is InChI=1S/C15H13ClN4O2/c1-10-2-5-14(17-6-10)19-15(21)13-4-3-12(22-13)9-20-8-11(16)7-18-20/h2-8H,9H2,1H3,(H,17,19,21). The third-order valence-electron chi connectivity index (χ3n) is 2.96. The fraction of sp³-hybridized carbons (Fsp3) is 0.133. The van der Waals surface area contributed by atoms with Gasteiger partial charge in [0.25, 0.3) is 5.91 Å². The third-order valence-corrected chi connectivity index (χ3v) is 3.15. The molecule has 22 heavy (non-hydrogen) atoms. The highest BCUT2D eigenvalue weighted by molar-refractivity contribution is 6.30. The molecule has 0 aliphatic heterocycles. The lowest BCUT2D eigenvalue weighted by atomic mass is 10.3. The van der Waals surface area contributed by atoms with E-state index in [4.69, 9.17) is 16.0 Å². The summed E-state index contributed by atoms with van der Waals surface area (Å²) in [6, 6.07) is 6.96. The molecule has 0 fully saturated rings. The van der Waals surface area contributed by atoms with Gasteiger partial charge in [-0.2, -0.15) is 5.10 Å². The van der Waals surface area contributed by atoms with Crippen molar-refractivity contribution in [3.05, 3.63) is 65.0 Å². The Balaban J connectivity index is 1.67. The molecule has 0 radical (unpaired) electrons. The van der Waals surface area contributed by atoms with Gasteiger partial charge in [0.1, 0.15) is 11.6 Å². The number of nitrogens with one attached hydrogen (secondary N) is 1. The first-order valence-corrected chi connectivity index (χ1v) is 6.98. The maximum Gasteiger partial charge on any atom is 0.292 e. The normalized spacial score (nSPS) is 10.6. The zero-order chi connectivity index (χ0) is 15.5. The Kier molecular flexibility index (Phi) is 3.93. The third kappa shape index (κ3) is 3.35. The fourth-order valence-electron chi connectivity index (χ4n) is 1.89. The molecule has 0 saturated carbocycles. The van der Waals surface area contributed by atoms with Gasteiger partial charge in [-0.1, -0.05) is 17.7 Å². The Labute approximate surface area is 131 Å². The fourth-order valence-corrected chi connectivity index (χ4v) is 2.05. The highest BCUT2D eigenvalue weighted by atomic mass is 35.5. The molecular weight excluding hydrogens is 304 g/mol. The Morgan fingerprint density at radius 2 is 2.18 bits per heavy atom. The number of halogens is 1. The van der Waals surface area contributed by atoms with E-state index >= 15 is 0 Å². The quantitative estimate of drug-likeness (QED) is 0.802. The molecular formula is C15H13ClN4O2. The van der Waals surface area contributed by atoms with Crippen LogP contribution in [0.2, 0.25) is 5.02 Å². The molecule has 7 heteroatoms. The van der Waals surface area contributed by atoms with E-state index in [-0.39, 0.29) is 11.7 Å². The summed E-state index contributed by atoms with van der Waals surface area (Å²) in [5, 5.41) is 7.29. The Hall–Kier alpha value is -2.60.